The molecule has 15 heavy (non-hydrogen) atoms. The van der Waals surface area contributed by atoms with Crippen molar-refractivity contribution in [2.75, 3.05) is 0 Å². The van der Waals surface area contributed by atoms with Gasteiger partial charge >= 0.3 is 0 Å². The molecule has 2 aliphatic rings. The maximum Gasteiger partial charge on any atom is 0.233 e. The number of nitrogens with two attached hydrogens (primary N) is 1. The molecule has 4 atom stereocenters. The highest BCUT2D eigenvalue weighted by Crippen LogP contribution is 2.32. The summed E-state index contributed by atoms with van der Waals surface area (Å²) < 4.78 is 0. The van der Waals surface area contributed by atoms with Gasteiger partial charge in [-0.25, -0.2) is 0 Å². The van der Waals surface area contributed by atoms with E-state index in [1.807, 2.05) is 13.8 Å². The van der Waals surface area contributed by atoms with Crippen LogP contribution in [0.5, 0.6) is 0 Å². The van der Waals surface area contributed by atoms with E-state index in [4.69, 9.17) is 5.73 Å². The molecule has 2 N–H and O–H groups in total. The van der Waals surface area contributed by atoms with Crippen molar-refractivity contribution in [2.24, 2.45) is 17.6 Å². The van der Waals surface area contributed by atoms with Gasteiger partial charge in [0.25, 0.3) is 0 Å². The lowest BCUT2D eigenvalue weighted by Gasteiger charge is -2.25. The SMILES string of the molecule is CC1C(=O)N(C2CCCC2N)C(=O)C1C. The lowest BCUT2D eigenvalue weighted by atomic mass is 10.00. The molecule has 0 aromatic heterocycles. The Kier molecular flexibility index (Phi) is 2.54. The first-order chi connectivity index (χ1) is 7.04. The van der Waals surface area contributed by atoms with Crippen molar-refractivity contribution in [1.82, 2.24) is 4.90 Å². The third-order valence-electron chi connectivity index (χ3n) is 3.87. The average Bonchev–Trinajstić information content (AvgIpc) is 2.68. The molecule has 4 unspecified atom stereocenters. The number of imide groups is 1. The standard InChI is InChI=1S/C11H18N2O2/c1-6-7(2)11(15)13(10(6)14)9-5-3-4-8(9)12/h6-9H,3-5,12H2,1-2H3. The number of carbonyl (C=O) groups excluding carboxylic acids is 2. The molecule has 0 aromatic rings. The van der Waals surface area contributed by atoms with E-state index in [1.54, 1.807) is 0 Å². The minimum absolute atomic E-state index is 0.0181. The van der Waals surface area contributed by atoms with Crippen LogP contribution in [0.2, 0.25) is 0 Å². The monoisotopic (exact) mass is 210 g/mol. The van der Waals surface area contributed by atoms with Crippen LogP contribution in [0.3, 0.4) is 0 Å². The predicted molar refractivity (Wildman–Crippen MR) is 55.8 cm³/mol. The van der Waals surface area contributed by atoms with E-state index in [0.29, 0.717) is 0 Å². The largest absolute Gasteiger partial charge is 0.326 e. The van der Waals surface area contributed by atoms with Crippen LogP contribution in [0.25, 0.3) is 0 Å². The normalized spacial score (nSPS) is 41.7. The highest BCUT2D eigenvalue weighted by molar-refractivity contribution is 6.05. The third-order valence-corrected chi connectivity index (χ3v) is 3.87. The summed E-state index contributed by atoms with van der Waals surface area (Å²) in [5, 5.41) is 0. The number of amides is 2. The van der Waals surface area contributed by atoms with E-state index in [0.717, 1.165) is 19.3 Å². The van der Waals surface area contributed by atoms with Crippen LogP contribution in [0.1, 0.15) is 33.1 Å². The fraction of sp³-hybridized carbons (Fsp3) is 0.818. The molecule has 4 nitrogen and oxygen atoms in total. The number of likely N-dealkylation sites (tertiary alicyclic amines) is 1. The zero-order valence-electron chi connectivity index (χ0n) is 9.27. The van der Waals surface area contributed by atoms with Gasteiger partial charge in [0.15, 0.2) is 0 Å². The molecule has 1 aliphatic heterocycles. The van der Waals surface area contributed by atoms with Crippen molar-refractivity contribution >= 4 is 11.8 Å². The molecule has 2 fully saturated rings. The Morgan fingerprint density at radius 3 is 2.07 bits per heavy atom. The van der Waals surface area contributed by atoms with Gasteiger partial charge in [0.05, 0.1) is 6.04 Å². The Balaban J connectivity index is 2.22. The summed E-state index contributed by atoms with van der Waals surface area (Å²) in [6, 6.07) is -0.0622. The molecule has 0 aromatic carbocycles. The van der Waals surface area contributed by atoms with E-state index in [-0.39, 0.29) is 35.7 Å². The molecule has 1 aliphatic carbocycles. The van der Waals surface area contributed by atoms with Crippen LogP contribution in [-0.4, -0.2) is 28.8 Å². The molecule has 1 saturated heterocycles. The molecule has 0 spiro atoms. The first kappa shape index (κ1) is 10.6. The molecule has 1 saturated carbocycles. The predicted octanol–water partition coefficient (Wildman–Crippen LogP) is 0.507. The summed E-state index contributed by atoms with van der Waals surface area (Å²) in [5.74, 6) is -0.416. The molecule has 2 amide bonds. The molecule has 4 heteroatoms. The van der Waals surface area contributed by atoms with Crippen molar-refractivity contribution in [2.45, 2.75) is 45.2 Å². The van der Waals surface area contributed by atoms with Crippen molar-refractivity contribution in [1.29, 1.82) is 0 Å². The summed E-state index contributed by atoms with van der Waals surface area (Å²) in [6.07, 6.45) is 2.81. The second-order valence-corrected chi connectivity index (χ2v) is 4.79. The summed E-state index contributed by atoms with van der Waals surface area (Å²) in [4.78, 5) is 25.3. The van der Waals surface area contributed by atoms with Crippen LogP contribution in [0, 0.1) is 11.8 Å². The zero-order valence-corrected chi connectivity index (χ0v) is 9.27. The van der Waals surface area contributed by atoms with Crippen LogP contribution in [0.15, 0.2) is 0 Å². The zero-order chi connectivity index (χ0) is 11.2. The van der Waals surface area contributed by atoms with Crippen molar-refractivity contribution in [3.8, 4) is 0 Å². The van der Waals surface area contributed by atoms with Crippen molar-refractivity contribution < 1.29 is 9.59 Å². The number of carbonyl (C=O) groups is 2. The van der Waals surface area contributed by atoms with Gasteiger partial charge in [-0.3, -0.25) is 14.5 Å². The Morgan fingerprint density at radius 1 is 1.13 bits per heavy atom. The minimum Gasteiger partial charge on any atom is -0.326 e. The van der Waals surface area contributed by atoms with Crippen LogP contribution >= 0.6 is 0 Å². The molecular weight excluding hydrogens is 192 g/mol. The minimum atomic E-state index is -0.176. The lowest BCUT2D eigenvalue weighted by Crippen LogP contribution is -2.47. The number of nitrogens with zero attached hydrogens (tertiary/aromatic N) is 1. The summed E-state index contributed by atoms with van der Waals surface area (Å²) in [6.45, 7) is 3.65. The van der Waals surface area contributed by atoms with E-state index in [9.17, 15) is 9.59 Å². The average molecular weight is 210 g/mol. The second kappa shape index (κ2) is 3.59. The lowest BCUT2D eigenvalue weighted by molar-refractivity contribution is -0.142. The molecule has 0 bridgehead atoms. The van der Waals surface area contributed by atoms with Gasteiger partial charge in [0.2, 0.25) is 11.8 Å². The van der Waals surface area contributed by atoms with Crippen molar-refractivity contribution in [3.05, 3.63) is 0 Å². The molecule has 2 rings (SSSR count). The topological polar surface area (TPSA) is 63.4 Å². The van der Waals surface area contributed by atoms with Crippen molar-refractivity contribution in [3.63, 3.8) is 0 Å². The van der Waals surface area contributed by atoms with Crippen LogP contribution < -0.4 is 5.73 Å². The highest BCUT2D eigenvalue weighted by Gasteiger charge is 2.47. The molecule has 84 valence electrons. The van der Waals surface area contributed by atoms with Gasteiger partial charge in [-0.2, -0.15) is 0 Å². The summed E-state index contributed by atoms with van der Waals surface area (Å²) in [7, 11) is 0. The first-order valence-corrected chi connectivity index (χ1v) is 5.66. The summed E-state index contributed by atoms with van der Waals surface area (Å²) in [5.41, 5.74) is 5.93. The maximum atomic E-state index is 11.9. The fourth-order valence-corrected chi connectivity index (χ4v) is 2.59. The van der Waals surface area contributed by atoms with E-state index in [2.05, 4.69) is 0 Å². The smallest absolute Gasteiger partial charge is 0.233 e. The third kappa shape index (κ3) is 1.47. The highest BCUT2D eigenvalue weighted by atomic mass is 16.2. The number of rotatable bonds is 1. The van der Waals surface area contributed by atoms with Crippen LogP contribution in [-0.2, 0) is 9.59 Å². The Hall–Kier alpha value is -0.900. The van der Waals surface area contributed by atoms with Gasteiger partial charge < -0.3 is 5.73 Å². The maximum absolute atomic E-state index is 11.9. The molecular formula is C11H18N2O2. The van der Waals surface area contributed by atoms with E-state index >= 15 is 0 Å². The van der Waals surface area contributed by atoms with E-state index in [1.165, 1.54) is 4.90 Å². The van der Waals surface area contributed by atoms with Gasteiger partial charge in [-0.05, 0) is 19.3 Å². The Bertz CT molecular complexity index is 283. The number of hydrogen-bond donors (Lipinski definition) is 1. The Morgan fingerprint density at radius 2 is 1.67 bits per heavy atom. The Labute approximate surface area is 89.8 Å². The van der Waals surface area contributed by atoms with Gasteiger partial charge in [-0.15, -0.1) is 0 Å². The van der Waals surface area contributed by atoms with Crippen LogP contribution in [0.4, 0.5) is 0 Å². The first-order valence-electron chi connectivity index (χ1n) is 5.66. The molecule has 0 radical (unpaired) electrons. The van der Waals surface area contributed by atoms with E-state index < -0.39 is 0 Å². The fourth-order valence-electron chi connectivity index (χ4n) is 2.59. The quantitative estimate of drug-likeness (QED) is 0.641. The second-order valence-electron chi connectivity index (χ2n) is 4.79. The molecule has 1 heterocycles. The summed E-state index contributed by atoms with van der Waals surface area (Å²) >= 11 is 0. The van der Waals surface area contributed by atoms with Gasteiger partial charge in [0, 0.05) is 17.9 Å². The van der Waals surface area contributed by atoms with Gasteiger partial charge in [-0.1, -0.05) is 13.8 Å². The van der Waals surface area contributed by atoms with Gasteiger partial charge in [0.1, 0.15) is 0 Å². The number of hydrogen-bond acceptors (Lipinski definition) is 3.